The number of sulfonamides is 1. The maximum atomic E-state index is 13.2. The number of aryl methyl sites for hydroxylation is 3. The fourth-order valence-corrected chi connectivity index (χ4v) is 3.28. The van der Waals surface area contributed by atoms with E-state index in [9.17, 15) is 12.8 Å². The number of nitrogens with zero attached hydrogens (tertiary/aromatic N) is 1. The fraction of sp³-hybridized carbons (Fsp3) is 0.250. The van der Waals surface area contributed by atoms with E-state index in [-0.39, 0.29) is 10.9 Å². The molecule has 0 aliphatic heterocycles. The second-order valence-corrected chi connectivity index (χ2v) is 5.89. The standard InChI is InChI=1S/C12H13FN2O3S/c1-7-4-10(13)5-8(2)11(7)19(16,17)15-12-14-9(3)6-18-12/h4-6H,1-3H3,(H,14,15). The van der Waals surface area contributed by atoms with Gasteiger partial charge in [0, 0.05) is 0 Å². The highest BCUT2D eigenvalue weighted by molar-refractivity contribution is 7.92. The number of anilines is 1. The van der Waals surface area contributed by atoms with Crippen molar-refractivity contribution in [3.05, 3.63) is 41.0 Å². The van der Waals surface area contributed by atoms with Gasteiger partial charge in [0.25, 0.3) is 10.0 Å². The predicted molar refractivity (Wildman–Crippen MR) is 67.9 cm³/mol. The summed E-state index contributed by atoms with van der Waals surface area (Å²) in [5.74, 6) is -0.471. The summed E-state index contributed by atoms with van der Waals surface area (Å²) in [6.45, 7) is 4.74. The van der Waals surface area contributed by atoms with Gasteiger partial charge in [-0.25, -0.2) is 17.5 Å². The maximum absolute atomic E-state index is 13.2. The van der Waals surface area contributed by atoms with Crippen LogP contribution < -0.4 is 4.72 Å². The Kier molecular flexibility index (Phi) is 3.32. The van der Waals surface area contributed by atoms with E-state index < -0.39 is 15.8 Å². The van der Waals surface area contributed by atoms with Crippen LogP contribution in [0.1, 0.15) is 16.8 Å². The smallest absolute Gasteiger partial charge is 0.309 e. The maximum Gasteiger partial charge on any atom is 0.309 e. The molecule has 1 N–H and O–H groups in total. The number of rotatable bonds is 3. The summed E-state index contributed by atoms with van der Waals surface area (Å²) in [6, 6.07) is 2.23. The zero-order valence-electron chi connectivity index (χ0n) is 10.7. The Balaban J connectivity index is 2.45. The fourth-order valence-electron chi connectivity index (χ4n) is 1.89. The number of benzene rings is 1. The number of halogens is 1. The number of hydrogen-bond acceptors (Lipinski definition) is 4. The second-order valence-electron chi connectivity index (χ2n) is 4.27. The third kappa shape index (κ3) is 2.76. The van der Waals surface area contributed by atoms with Crippen LogP contribution in [0.3, 0.4) is 0 Å². The first-order valence-corrected chi connectivity index (χ1v) is 6.99. The molecule has 0 saturated carbocycles. The van der Waals surface area contributed by atoms with Gasteiger partial charge >= 0.3 is 6.01 Å². The molecule has 2 rings (SSSR count). The Morgan fingerprint density at radius 1 is 1.21 bits per heavy atom. The van der Waals surface area contributed by atoms with Crippen LogP contribution in [0.15, 0.2) is 27.7 Å². The molecule has 0 aliphatic carbocycles. The summed E-state index contributed by atoms with van der Waals surface area (Å²) in [4.78, 5) is 3.90. The molecule has 1 heterocycles. The van der Waals surface area contributed by atoms with Crippen molar-refractivity contribution < 1.29 is 17.2 Å². The SMILES string of the molecule is Cc1coc(NS(=O)(=O)c2c(C)cc(F)cc2C)n1. The van der Waals surface area contributed by atoms with Gasteiger partial charge in [-0.3, -0.25) is 0 Å². The minimum absolute atomic E-state index is 0.0322. The molecule has 2 aromatic rings. The highest BCUT2D eigenvalue weighted by Crippen LogP contribution is 2.23. The molecule has 1 aromatic carbocycles. The third-order valence-electron chi connectivity index (χ3n) is 2.53. The molecule has 7 heteroatoms. The first-order chi connectivity index (χ1) is 8.79. The van der Waals surface area contributed by atoms with E-state index in [2.05, 4.69) is 9.71 Å². The van der Waals surface area contributed by atoms with Crippen LogP contribution in [0.4, 0.5) is 10.4 Å². The summed E-state index contributed by atoms with van der Waals surface area (Å²) < 4.78 is 44.8. The molecule has 0 atom stereocenters. The Morgan fingerprint density at radius 3 is 2.26 bits per heavy atom. The van der Waals surface area contributed by atoms with Crippen molar-refractivity contribution >= 4 is 16.0 Å². The van der Waals surface area contributed by atoms with Crippen LogP contribution in [0.2, 0.25) is 0 Å². The minimum Gasteiger partial charge on any atom is -0.431 e. The number of oxazole rings is 1. The molecule has 0 aliphatic rings. The summed E-state index contributed by atoms with van der Waals surface area (Å²) in [5.41, 5.74) is 1.21. The lowest BCUT2D eigenvalue weighted by atomic mass is 10.1. The molecular formula is C12H13FN2O3S. The number of hydrogen-bond donors (Lipinski definition) is 1. The van der Waals surface area contributed by atoms with Crippen LogP contribution in [-0.4, -0.2) is 13.4 Å². The van der Waals surface area contributed by atoms with Crippen molar-refractivity contribution in [2.75, 3.05) is 4.72 Å². The zero-order valence-corrected chi connectivity index (χ0v) is 11.5. The van der Waals surface area contributed by atoms with Crippen LogP contribution in [0.25, 0.3) is 0 Å². The second kappa shape index (κ2) is 4.65. The quantitative estimate of drug-likeness (QED) is 0.940. The van der Waals surface area contributed by atoms with E-state index in [0.29, 0.717) is 16.8 Å². The topological polar surface area (TPSA) is 72.2 Å². The average molecular weight is 284 g/mol. The van der Waals surface area contributed by atoms with Gasteiger partial charge in [0.1, 0.15) is 12.1 Å². The monoisotopic (exact) mass is 284 g/mol. The number of aromatic nitrogens is 1. The van der Waals surface area contributed by atoms with Crippen LogP contribution in [-0.2, 0) is 10.0 Å². The van der Waals surface area contributed by atoms with Crippen LogP contribution in [0.5, 0.6) is 0 Å². The Morgan fingerprint density at radius 2 is 1.79 bits per heavy atom. The highest BCUT2D eigenvalue weighted by atomic mass is 32.2. The van der Waals surface area contributed by atoms with Gasteiger partial charge in [-0.2, -0.15) is 4.98 Å². The Hall–Kier alpha value is -1.89. The van der Waals surface area contributed by atoms with Crippen molar-refractivity contribution in [1.29, 1.82) is 0 Å². The highest BCUT2D eigenvalue weighted by Gasteiger charge is 2.22. The molecule has 1 aromatic heterocycles. The van der Waals surface area contributed by atoms with Gasteiger partial charge in [-0.05, 0) is 44.0 Å². The Labute approximate surface area is 110 Å². The van der Waals surface area contributed by atoms with Crippen molar-refractivity contribution in [2.45, 2.75) is 25.7 Å². The summed E-state index contributed by atoms with van der Waals surface area (Å²) in [7, 11) is -3.85. The van der Waals surface area contributed by atoms with Crippen LogP contribution in [0, 0.1) is 26.6 Å². The zero-order chi connectivity index (χ0) is 14.2. The normalized spacial score (nSPS) is 11.6. The first-order valence-electron chi connectivity index (χ1n) is 5.51. The molecular weight excluding hydrogens is 271 g/mol. The van der Waals surface area contributed by atoms with Gasteiger partial charge < -0.3 is 4.42 Å². The third-order valence-corrected chi connectivity index (χ3v) is 4.16. The number of nitrogens with one attached hydrogen (secondary N) is 1. The van der Waals surface area contributed by atoms with Gasteiger partial charge in [0.2, 0.25) is 0 Å². The first kappa shape index (κ1) is 13.5. The molecule has 19 heavy (non-hydrogen) atoms. The Bertz CT molecular complexity index is 699. The van der Waals surface area contributed by atoms with Crippen molar-refractivity contribution in [2.24, 2.45) is 0 Å². The molecule has 0 saturated heterocycles. The molecule has 0 amide bonds. The van der Waals surface area contributed by atoms with Gasteiger partial charge in [0.15, 0.2) is 0 Å². The molecule has 0 fully saturated rings. The van der Waals surface area contributed by atoms with Gasteiger partial charge in [0.05, 0.1) is 10.6 Å². The lowest BCUT2D eigenvalue weighted by Gasteiger charge is -2.10. The summed E-state index contributed by atoms with van der Waals surface area (Å²) in [5, 5.41) is 0. The van der Waals surface area contributed by atoms with E-state index in [1.807, 2.05) is 0 Å². The predicted octanol–water partition coefficient (Wildman–Crippen LogP) is 2.54. The summed E-state index contributed by atoms with van der Waals surface area (Å²) in [6.07, 6.45) is 1.34. The largest absolute Gasteiger partial charge is 0.431 e. The van der Waals surface area contributed by atoms with Crippen molar-refractivity contribution in [1.82, 2.24) is 4.98 Å². The molecule has 0 bridgehead atoms. The van der Waals surface area contributed by atoms with E-state index in [4.69, 9.17) is 4.42 Å². The van der Waals surface area contributed by atoms with E-state index in [0.717, 1.165) is 0 Å². The average Bonchev–Trinajstić information content (AvgIpc) is 2.60. The van der Waals surface area contributed by atoms with Crippen molar-refractivity contribution in [3.63, 3.8) is 0 Å². The van der Waals surface area contributed by atoms with E-state index in [1.165, 1.54) is 32.2 Å². The summed E-state index contributed by atoms with van der Waals surface area (Å²) >= 11 is 0. The minimum atomic E-state index is -3.85. The van der Waals surface area contributed by atoms with Gasteiger partial charge in [-0.15, -0.1) is 0 Å². The molecule has 0 unspecified atom stereocenters. The van der Waals surface area contributed by atoms with Crippen molar-refractivity contribution in [3.8, 4) is 0 Å². The van der Waals surface area contributed by atoms with E-state index in [1.54, 1.807) is 6.92 Å². The van der Waals surface area contributed by atoms with Crippen LogP contribution >= 0.6 is 0 Å². The van der Waals surface area contributed by atoms with E-state index >= 15 is 0 Å². The molecule has 102 valence electrons. The molecule has 5 nitrogen and oxygen atoms in total. The molecule has 0 spiro atoms. The van der Waals surface area contributed by atoms with Gasteiger partial charge in [-0.1, -0.05) is 0 Å². The lowest BCUT2D eigenvalue weighted by molar-refractivity contribution is 0.569. The molecule has 0 radical (unpaired) electrons. The lowest BCUT2D eigenvalue weighted by Crippen LogP contribution is -2.16.